The molecule has 0 aliphatic rings. The molecule has 5 rings (SSSR count). The number of pyridine rings is 2. The zero-order valence-corrected chi connectivity index (χ0v) is 17.1. The Morgan fingerprint density at radius 2 is 0.903 bits per heavy atom. The summed E-state index contributed by atoms with van der Waals surface area (Å²) in [5.41, 5.74) is 5.90. The molecule has 2 heteroatoms. The Labute approximate surface area is 182 Å². The van der Waals surface area contributed by atoms with Crippen LogP contribution in [0.1, 0.15) is 22.3 Å². The van der Waals surface area contributed by atoms with E-state index in [0.29, 0.717) is 0 Å². The van der Waals surface area contributed by atoms with E-state index in [1.165, 1.54) is 16.7 Å². The van der Waals surface area contributed by atoms with Crippen molar-refractivity contribution in [3.8, 4) is 11.4 Å². The quantitative estimate of drug-likeness (QED) is 0.315. The van der Waals surface area contributed by atoms with Crippen LogP contribution in [0.2, 0.25) is 0 Å². The third kappa shape index (κ3) is 3.32. The van der Waals surface area contributed by atoms with Gasteiger partial charge < -0.3 is 0 Å². The van der Waals surface area contributed by atoms with Gasteiger partial charge in [0.05, 0.1) is 16.8 Å². The first kappa shape index (κ1) is 19.0. The lowest BCUT2D eigenvalue weighted by atomic mass is 9.64. The zero-order chi connectivity index (χ0) is 20.9. The summed E-state index contributed by atoms with van der Waals surface area (Å²) in [7, 11) is 0. The Morgan fingerprint density at radius 3 is 1.39 bits per heavy atom. The van der Waals surface area contributed by atoms with Crippen molar-refractivity contribution in [2.24, 2.45) is 0 Å². The topological polar surface area (TPSA) is 25.8 Å². The minimum atomic E-state index is -0.537. The highest BCUT2D eigenvalue weighted by Crippen LogP contribution is 2.47. The summed E-state index contributed by atoms with van der Waals surface area (Å²) in [5, 5.41) is 0. The molecule has 0 saturated carbocycles. The standard InChI is InChI=1S/C29H22N2/c1-4-13-23(14-5-1)29(24-15-6-2-7-16-24,25-17-8-3-9-18-25)26-19-12-22-31-28(26)27-20-10-11-21-30-27/h1-22H. The van der Waals surface area contributed by atoms with Crippen LogP contribution in [0.15, 0.2) is 134 Å². The summed E-state index contributed by atoms with van der Waals surface area (Å²) < 4.78 is 0. The van der Waals surface area contributed by atoms with Gasteiger partial charge in [0.15, 0.2) is 0 Å². The number of rotatable bonds is 5. The van der Waals surface area contributed by atoms with Gasteiger partial charge >= 0.3 is 0 Å². The molecule has 0 radical (unpaired) electrons. The average Bonchev–Trinajstić information content (AvgIpc) is 2.87. The van der Waals surface area contributed by atoms with Crippen LogP contribution in [-0.2, 0) is 5.41 Å². The molecule has 148 valence electrons. The monoisotopic (exact) mass is 398 g/mol. The van der Waals surface area contributed by atoms with Crippen molar-refractivity contribution in [1.29, 1.82) is 0 Å². The van der Waals surface area contributed by atoms with Crippen molar-refractivity contribution >= 4 is 0 Å². The molecule has 0 unspecified atom stereocenters. The van der Waals surface area contributed by atoms with Crippen LogP contribution in [0.3, 0.4) is 0 Å². The van der Waals surface area contributed by atoms with Gasteiger partial charge in [-0.3, -0.25) is 9.97 Å². The number of aromatic nitrogens is 2. The van der Waals surface area contributed by atoms with E-state index in [-0.39, 0.29) is 0 Å². The van der Waals surface area contributed by atoms with E-state index in [1.54, 1.807) is 0 Å². The van der Waals surface area contributed by atoms with E-state index in [1.807, 2.05) is 36.7 Å². The fourth-order valence-electron chi connectivity index (χ4n) is 4.45. The first-order valence-electron chi connectivity index (χ1n) is 10.4. The molecule has 0 atom stereocenters. The van der Waals surface area contributed by atoms with Gasteiger partial charge in [-0.05, 0) is 40.5 Å². The normalized spacial score (nSPS) is 11.2. The molecule has 0 aliphatic heterocycles. The van der Waals surface area contributed by atoms with Gasteiger partial charge in [0.2, 0.25) is 0 Å². The Balaban J connectivity index is 1.94. The van der Waals surface area contributed by atoms with Crippen molar-refractivity contribution in [2.75, 3.05) is 0 Å². The number of benzene rings is 3. The SMILES string of the molecule is c1ccc(C(c2ccccc2)(c2ccccc2)c2cccnc2-c2ccccn2)cc1. The smallest absolute Gasteiger partial charge is 0.0933 e. The average molecular weight is 399 g/mol. The lowest BCUT2D eigenvalue weighted by molar-refractivity contribution is 0.742. The van der Waals surface area contributed by atoms with Crippen LogP contribution < -0.4 is 0 Å². The molecule has 5 aromatic rings. The predicted octanol–water partition coefficient (Wildman–Crippen LogP) is 6.53. The Bertz CT molecular complexity index is 1150. The molecule has 0 N–H and O–H groups in total. The van der Waals surface area contributed by atoms with Crippen LogP contribution in [-0.4, -0.2) is 9.97 Å². The van der Waals surface area contributed by atoms with Crippen molar-refractivity contribution in [3.05, 3.63) is 156 Å². The van der Waals surface area contributed by atoms with Gasteiger partial charge in [0.1, 0.15) is 0 Å². The maximum atomic E-state index is 4.83. The third-order valence-corrected chi connectivity index (χ3v) is 5.74. The molecule has 0 bridgehead atoms. The van der Waals surface area contributed by atoms with Crippen molar-refractivity contribution in [1.82, 2.24) is 9.97 Å². The second-order valence-electron chi connectivity index (χ2n) is 7.46. The maximum absolute atomic E-state index is 4.83. The van der Waals surface area contributed by atoms with E-state index >= 15 is 0 Å². The van der Waals surface area contributed by atoms with Crippen LogP contribution >= 0.6 is 0 Å². The summed E-state index contributed by atoms with van der Waals surface area (Å²) in [6.07, 6.45) is 3.67. The van der Waals surface area contributed by atoms with Crippen LogP contribution in [0.5, 0.6) is 0 Å². The van der Waals surface area contributed by atoms with Crippen LogP contribution in [0.25, 0.3) is 11.4 Å². The summed E-state index contributed by atoms with van der Waals surface area (Å²) in [6, 6.07) is 42.2. The molecule has 2 aromatic heterocycles. The Morgan fingerprint density at radius 1 is 0.419 bits per heavy atom. The molecule has 31 heavy (non-hydrogen) atoms. The minimum absolute atomic E-state index is 0.537. The molecule has 2 heterocycles. The Hall–Kier alpha value is -4.04. The van der Waals surface area contributed by atoms with E-state index in [9.17, 15) is 0 Å². The molecular weight excluding hydrogens is 376 g/mol. The fraction of sp³-hybridized carbons (Fsp3) is 0.0345. The lowest BCUT2D eigenvalue weighted by Crippen LogP contribution is -2.32. The lowest BCUT2D eigenvalue weighted by Gasteiger charge is -2.37. The molecular formula is C29H22N2. The fourth-order valence-corrected chi connectivity index (χ4v) is 4.45. The molecule has 0 saturated heterocycles. The first-order valence-corrected chi connectivity index (χ1v) is 10.4. The van der Waals surface area contributed by atoms with Crippen molar-refractivity contribution in [3.63, 3.8) is 0 Å². The highest BCUT2D eigenvalue weighted by molar-refractivity contribution is 5.70. The summed E-state index contributed by atoms with van der Waals surface area (Å²) in [6.45, 7) is 0. The highest BCUT2D eigenvalue weighted by atomic mass is 14.8. The van der Waals surface area contributed by atoms with Gasteiger partial charge in [-0.2, -0.15) is 0 Å². The second-order valence-corrected chi connectivity index (χ2v) is 7.46. The summed E-state index contributed by atoms with van der Waals surface area (Å²) in [5.74, 6) is 0. The third-order valence-electron chi connectivity index (χ3n) is 5.74. The van der Waals surface area contributed by atoms with Crippen LogP contribution in [0.4, 0.5) is 0 Å². The molecule has 0 aliphatic carbocycles. The summed E-state index contributed by atoms with van der Waals surface area (Å²) >= 11 is 0. The Kier molecular flexibility index (Phi) is 5.12. The molecule has 0 fully saturated rings. The van der Waals surface area contributed by atoms with Crippen LogP contribution in [0, 0.1) is 0 Å². The maximum Gasteiger partial charge on any atom is 0.0933 e. The van der Waals surface area contributed by atoms with Gasteiger partial charge in [-0.1, -0.05) is 103 Å². The largest absolute Gasteiger partial charge is 0.255 e. The highest BCUT2D eigenvalue weighted by Gasteiger charge is 2.40. The second kappa shape index (κ2) is 8.37. The molecule has 3 aromatic carbocycles. The van der Waals surface area contributed by atoms with Gasteiger partial charge in [0, 0.05) is 12.4 Å². The van der Waals surface area contributed by atoms with Gasteiger partial charge in [0.25, 0.3) is 0 Å². The summed E-state index contributed by atoms with van der Waals surface area (Å²) in [4.78, 5) is 9.47. The van der Waals surface area contributed by atoms with E-state index in [4.69, 9.17) is 4.98 Å². The van der Waals surface area contributed by atoms with Gasteiger partial charge in [-0.15, -0.1) is 0 Å². The number of hydrogen-bond acceptors (Lipinski definition) is 2. The predicted molar refractivity (Wildman–Crippen MR) is 126 cm³/mol. The van der Waals surface area contributed by atoms with E-state index in [2.05, 4.69) is 102 Å². The minimum Gasteiger partial charge on any atom is -0.255 e. The number of hydrogen-bond donors (Lipinski definition) is 0. The van der Waals surface area contributed by atoms with Gasteiger partial charge in [-0.25, -0.2) is 0 Å². The first-order chi connectivity index (χ1) is 15.4. The molecule has 0 spiro atoms. The number of nitrogens with zero attached hydrogens (tertiary/aromatic N) is 2. The molecule has 2 nitrogen and oxygen atoms in total. The van der Waals surface area contributed by atoms with E-state index in [0.717, 1.165) is 17.0 Å². The van der Waals surface area contributed by atoms with Crippen molar-refractivity contribution < 1.29 is 0 Å². The zero-order valence-electron chi connectivity index (χ0n) is 17.1. The van der Waals surface area contributed by atoms with E-state index < -0.39 is 5.41 Å². The molecule has 0 amide bonds. The van der Waals surface area contributed by atoms with Crippen molar-refractivity contribution in [2.45, 2.75) is 5.41 Å².